The lowest BCUT2D eigenvalue weighted by Gasteiger charge is -2.20. The zero-order valence-electron chi connectivity index (χ0n) is 13.5. The molecule has 1 fully saturated rings. The molecule has 0 saturated heterocycles. The molecule has 3 nitrogen and oxygen atoms in total. The van der Waals surface area contributed by atoms with E-state index in [1.807, 2.05) is 5.38 Å². The number of amides is 1. The highest BCUT2D eigenvalue weighted by Crippen LogP contribution is 2.30. The van der Waals surface area contributed by atoms with Gasteiger partial charge in [-0.2, -0.15) is 0 Å². The standard InChI is InChI=1S/C17H28N2OS/c1-4-5-7-13-8-6-9-15(13)19-16(20)10-14-11-21-17(18-14)12(2)3/h11-13,15H,4-10H2,1-3H3,(H,19,20). The fourth-order valence-corrected chi connectivity index (χ4v) is 3.96. The van der Waals surface area contributed by atoms with E-state index in [4.69, 9.17) is 0 Å². The van der Waals surface area contributed by atoms with Crippen LogP contribution in [0.2, 0.25) is 0 Å². The minimum atomic E-state index is 0.143. The van der Waals surface area contributed by atoms with E-state index in [9.17, 15) is 4.79 Å². The van der Waals surface area contributed by atoms with Gasteiger partial charge in [0.15, 0.2) is 0 Å². The monoisotopic (exact) mass is 308 g/mol. The summed E-state index contributed by atoms with van der Waals surface area (Å²) in [6, 6.07) is 0.396. The second-order valence-electron chi connectivity index (χ2n) is 6.52. The maximum atomic E-state index is 12.2. The zero-order valence-corrected chi connectivity index (χ0v) is 14.3. The maximum absolute atomic E-state index is 12.2. The molecule has 0 aliphatic heterocycles. The van der Waals surface area contributed by atoms with Crippen LogP contribution in [0, 0.1) is 5.92 Å². The summed E-state index contributed by atoms with van der Waals surface area (Å²) < 4.78 is 0. The molecule has 118 valence electrons. The van der Waals surface area contributed by atoms with Crippen LogP contribution in [-0.2, 0) is 11.2 Å². The lowest BCUT2D eigenvalue weighted by atomic mass is 9.96. The first kappa shape index (κ1) is 16.5. The summed E-state index contributed by atoms with van der Waals surface area (Å²) in [5, 5.41) is 6.40. The quantitative estimate of drug-likeness (QED) is 0.816. The molecule has 21 heavy (non-hydrogen) atoms. The minimum absolute atomic E-state index is 0.143. The summed E-state index contributed by atoms with van der Waals surface area (Å²) in [6.45, 7) is 6.51. The van der Waals surface area contributed by atoms with Gasteiger partial charge < -0.3 is 5.32 Å². The molecule has 1 aromatic heterocycles. The Kier molecular flexibility index (Phi) is 6.22. The van der Waals surface area contributed by atoms with E-state index in [1.165, 1.54) is 32.1 Å². The lowest BCUT2D eigenvalue weighted by molar-refractivity contribution is -0.121. The normalized spacial score (nSPS) is 21.9. The van der Waals surface area contributed by atoms with Crippen LogP contribution in [0.15, 0.2) is 5.38 Å². The summed E-state index contributed by atoms with van der Waals surface area (Å²) in [5.41, 5.74) is 0.921. The van der Waals surface area contributed by atoms with Crippen LogP contribution in [0.5, 0.6) is 0 Å². The highest BCUT2D eigenvalue weighted by Gasteiger charge is 2.27. The molecule has 0 aromatic carbocycles. The Morgan fingerprint density at radius 2 is 2.29 bits per heavy atom. The van der Waals surface area contributed by atoms with E-state index in [-0.39, 0.29) is 5.91 Å². The maximum Gasteiger partial charge on any atom is 0.226 e. The van der Waals surface area contributed by atoms with Crippen molar-refractivity contribution in [3.8, 4) is 0 Å². The van der Waals surface area contributed by atoms with Crippen molar-refractivity contribution in [3.63, 3.8) is 0 Å². The number of thiazole rings is 1. The Balaban J connectivity index is 1.83. The Morgan fingerprint density at radius 1 is 1.48 bits per heavy atom. The SMILES string of the molecule is CCCCC1CCCC1NC(=O)Cc1csc(C(C)C)n1. The summed E-state index contributed by atoms with van der Waals surface area (Å²) in [4.78, 5) is 16.8. The van der Waals surface area contributed by atoms with Crippen LogP contribution >= 0.6 is 11.3 Å². The van der Waals surface area contributed by atoms with E-state index in [1.54, 1.807) is 11.3 Å². The number of unbranched alkanes of at least 4 members (excludes halogenated alkanes) is 1. The molecule has 2 unspecified atom stereocenters. The third-order valence-electron chi connectivity index (χ3n) is 4.34. The van der Waals surface area contributed by atoms with Gasteiger partial charge in [-0.3, -0.25) is 4.79 Å². The van der Waals surface area contributed by atoms with Gasteiger partial charge in [-0.1, -0.05) is 40.0 Å². The smallest absolute Gasteiger partial charge is 0.226 e. The number of carbonyl (C=O) groups excluding carboxylic acids is 1. The lowest BCUT2D eigenvalue weighted by Crippen LogP contribution is -2.38. The molecular weight excluding hydrogens is 280 g/mol. The summed E-state index contributed by atoms with van der Waals surface area (Å²) in [7, 11) is 0. The Bertz CT molecular complexity index is 455. The molecule has 1 aromatic rings. The van der Waals surface area contributed by atoms with Gasteiger partial charge in [-0.25, -0.2) is 4.98 Å². The number of aromatic nitrogens is 1. The fourth-order valence-electron chi connectivity index (χ4n) is 3.13. The van der Waals surface area contributed by atoms with Crippen molar-refractivity contribution in [1.29, 1.82) is 0 Å². The molecule has 1 aliphatic rings. The summed E-state index contributed by atoms with van der Waals surface area (Å²) in [6.07, 6.45) is 7.89. The number of nitrogens with zero attached hydrogens (tertiary/aromatic N) is 1. The molecule has 1 heterocycles. The van der Waals surface area contributed by atoms with E-state index >= 15 is 0 Å². The number of hydrogen-bond donors (Lipinski definition) is 1. The van der Waals surface area contributed by atoms with Gasteiger partial charge in [-0.15, -0.1) is 11.3 Å². The largest absolute Gasteiger partial charge is 0.353 e. The molecule has 2 rings (SSSR count). The van der Waals surface area contributed by atoms with E-state index in [2.05, 4.69) is 31.1 Å². The fraction of sp³-hybridized carbons (Fsp3) is 0.765. The van der Waals surface area contributed by atoms with Gasteiger partial charge in [0.05, 0.1) is 17.1 Å². The molecule has 4 heteroatoms. The first-order valence-electron chi connectivity index (χ1n) is 8.33. The van der Waals surface area contributed by atoms with E-state index in [0.717, 1.165) is 17.1 Å². The zero-order chi connectivity index (χ0) is 15.2. The minimum Gasteiger partial charge on any atom is -0.353 e. The molecule has 0 spiro atoms. The molecule has 2 atom stereocenters. The average molecular weight is 308 g/mol. The summed E-state index contributed by atoms with van der Waals surface area (Å²) in [5.74, 6) is 1.28. The molecule has 1 aliphatic carbocycles. The van der Waals surface area contributed by atoms with Gasteiger partial charge in [0.25, 0.3) is 0 Å². The van der Waals surface area contributed by atoms with Crippen LogP contribution in [0.4, 0.5) is 0 Å². The molecule has 0 bridgehead atoms. The highest BCUT2D eigenvalue weighted by molar-refractivity contribution is 7.09. The third kappa shape index (κ3) is 4.80. The predicted molar refractivity (Wildman–Crippen MR) is 88.7 cm³/mol. The van der Waals surface area contributed by atoms with Gasteiger partial charge in [0.2, 0.25) is 5.91 Å². The molecule has 1 saturated carbocycles. The van der Waals surface area contributed by atoms with Crippen molar-refractivity contribution in [2.24, 2.45) is 5.92 Å². The predicted octanol–water partition coefficient (Wildman–Crippen LogP) is 4.28. The summed E-state index contributed by atoms with van der Waals surface area (Å²) >= 11 is 1.66. The van der Waals surface area contributed by atoms with E-state index in [0.29, 0.717) is 24.3 Å². The molecule has 1 amide bonds. The van der Waals surface area contributed by atoms with E-state index < -0.39 is 0 Å². The third-order valence-corrected chi connectivity index (χ3v) is 5.53. The van der Waals surface area contributed by atoms with Crippen molar-refractivity contribution < 1.29 is 4.79 Å². The van der Waals surface area contributed by atoms with Crippen molar-refractivity contribution in [2.75, 3.05) is 0 Å². The van der Waals surface area contributed by atoms with Gasteiger partial charge in [-0.05, 0) is 25.2 Å². The number of nitrogens with one attached hydrogen (secondary N) is 1. The number of hydrogen-bond acceptors (Lipinski definition) is 3. The first-order chi connectivity index (χ1) is 10.1. The Hall–Kier alpha value is -0.900. The van der Waals surface area contributed by atoms with Crippen LogP contribution in [-0.4, -0.2) is 16.9 Å². The van der Waals surface area contributed by atoms with Crippen LogP contribution in [0.1, 0.15) is 75.9 Å². The molecule has 0 radical (unpaired) electrons. The number of carbonyl (C=O) groups is 1. The van der Waals surface area contributed by atoms with Crippen molar-refractivity contribution in [3.05, 3.63) is 16.1 Å². The second-order valence-corrected chi connectivity index (χ2v) is 7.41. The van der Waals surface area contributed by atoms with Crippen LogP contribution in [0.25, 0.3) is 0 Å². The Labute approximate surface area is 132 Å². The van der Waals surface area contributed by atoms with Crippen molar-refractivity contribution >= 4 is 17.2 Å². The van der Waals surface area contributed by atoms with Gasteiger partial charge >= 0.3 is 0 Å². The van der Waals surface area contributed by atoms with Crippen molar-refractivity contribution in [1.82, 2.24) is 10.3 Å². The van der Waals surface area contributed by atoms with Gasteiger partial charge in [0.1, 0.15) is 0 Å². The Morgan fingerprint density at radius 3 is 2.95 bits per heavy atom. The first-order valence-corrected chi connectivity index (χ1v) is 9.21. The second kappa shape index (κ2) is 7.92. The average Bonchev–Trinajstić information content (AvgIpc) is 3.06. The topological polar surface area (TPSA) is 42.0 Å². The van der Waals surface area contributed by atoms with Crippen LogP contribution in [0.3, 0.4) is 0 Å². The van der Waals surface area contributed by atoms with Gasteiger partial charge in [0, 0.05) is 17.3 Å². The van der Waals surface area contributed by atoms with Crippen molar-refractivity contribution in [2.45, 2.75) is 77.7 Å². The van der Waals surface area contributed by atoms with Crippen LogP contribution < -0.4 is 5.32 Å². The highest BCUT2D eigenvalue weighted by atomic mass is 32.1. The molecule has 1 N–H and O–H groups in total. The number of rotatable bonds is 7. The molecular formula is C17H28N2OS.